The largest absolute Gasteiger partial charge is 0.491 e. The van der Waals surface area contributed by atoms with Gasteiger partial charge in [-0.25, -0.2) is 4.39 Å². The molecule has 0 aliphatic rings. The van der Waals surface area contributed by atoms with Gasteiger partial charge in [-0.1, -0.05) is 32.0 Å². The van der Waals surface area contributed by atoms with Crippen molar-refractivity contribution in [2.45, 2.75) is 13.8 Å². The highest BCUT2D eigenvalue weighted by Gasteiger charge is 2.14. The van der Waals surface area contributed by atoms with Crippen LogP contribution in [-0.4, -0.2) is 17.5 Å². The molecule has 3 rings (SSSR count). The zero-order valence-electron chi connectivity index (χ0n) is 13.6. The smallest absolute Gasteiger partial charge is 0.272 e. The Morgan fingerprint density at radius 1 is 1.21 bits per heavy atom. The number of aromatic nitrogens is 1. The predicted octanol–water partition coefficient (Wildman–Crippen LogP) is 4.59. The lowest BCUT2D eigenvalue weighted by molar-refractivity contribution is 0.102. The van der Waals surface area contributed by atoms with Crippen molar-refractivity contribution in [3.63, 3.8) is 0 Å². The van der Waals surface area contributed by atoms with Crippen molar-refractivity contribution in [1.82, 2.24) is 4.98 Å². The average molecular weight is 326 g/mol. The number of rotatable bonds is 5. The lowest BCUT2D eigenvalue weighted by atomic mass is 10.2. The summed E-state index contributed by atoms with van der Waals surface area (Å²) in [6.45, 7) is 4.67. The Kier molecular flexibility index (Phi) is 4.51. The molecule has 0 fully saturated rings. The molecule has 2 N–H and O–H groups in total. The number of aromatic amines is 1. The van der Waals surface area contributed by atoms with Crippen LogP contribution in [0.3, 0.4) is 0 Å². The van der Waals surface area contributed by atoms with Gasteiger partial charge in [0.2, 0.25) is 0 Å². The second-order valence-corrected chi connectivity index (χ2v) is 6.04. The van der Waals surface area contributed by atoms with E-state index in [-0.39, 0.29) is 11.7 Å². The number of nitrogens with one attached hydrogen (secondary N) is 2. The van der Waals surface area contributed by atoms with Crippen molar-refractivity contribution in [2.24, 2.45) is 5.92 Å². The van der Waals surface area contributed by atoms with Gasteiger partial charge in [-0.15, -0.1) is 0 Å². The molecule has 4 nitrogen and oxygen atoms in total. The van der Waals surface area contributed by atoms with E-state index in [4.69, 9.17) is 4.74 Å². The van der Waals surface area contributed by atoms with E-state index >= 15 is 0 Å². The van der Waals surface area contributed by atoms with Crippen molar-refractivity contribution in [3.05, 3.63) is 60.0 Å². The molecule has 0 bridgehead atoms. The number of amides is 1. The summed E-state index contributed by atoms with van der Waals surface area (Å²) in [6, 6.07) is 13.5. The van der Waals surface area contributed by atoms with Gasteiger partial charge >= 0.3 is 0 Å². The average Bonchev–Trinajstić information content (AvgIpc) is 3.00. The molecule has 0 unspecified atom stereocenters. The van der Waals surface area contributed by atoms with Crippen LogP contribution in [0.5, 0.6) is 5.75 Å². The van der Waals surface area contributed by atoms with E-state index < -0.39 is 0 Å². The summed E-state index contributed by atoms with van der Waals surface area (Å²) < 4.78 is 19.5. The van der Waals surface area contributed by atoms with E-state index in [0.717, 1.165) is 0 Å². The number of anilines is 1. The Labute approximate surface area is 139 Å². The number of carbonyl (C=O) groups is 1. The number of ether oxygens (including phenoxy) is 1. The summed E-state index contributed by atoms with van der Waals surface area (Å²) in [5.41, 5.74) is 1.47. The Morgan fingerprint density at radius 2 is 2.00 bits per heavy atom. The maximum Gasteiger partial charge on any atom is 0.272 e. The molecule has 2 aromatic carbocycles. The maximum atomic E-state index is 13.8. The molecule has 24 heavy (non-hydrogen) atoms. The van der Waals surface area contributed by atoms with Crippen LogP contribution in [0.4, 0.5) is 10.1 Å². The van der Waals surface area contributed by atoms with Gasteiger partial charge in [0.1, 0.15) is 17.3 Å². The van der Waals surface area contributed by atoms with Gasteiger partial charge in [-0.2, -0.15) is 0 Å². The normalized spacial score (nSPS) is 11.0. The fourth-order valence-corrected chi connectivity index (χ4v) is 2.38. The number of halogens is 1. The molecule has 0 saturated heterocycles. The van der Waals surface area contributed by atoms with E-state index in [1.165, 1.54) is 12.1 Å². The summed E-state index contributed by atoms with van der Waals surface area (Å²) in [5.74, 6) is 0.293. The number of hydrogen-bond donors (Lipinski definition) is 2. The highest BCUT2D eigenvalue weighted by Crippen LogP contribution is 2.25. The van der Waals surface area contributed by atoms with E-state index in [0.29, 0.717) is 40.6 Å². The summed E-state index contributed by atoms with van der Waals surface area (Å²) >= 11 is 0. The Bertz CT molecular complexity index is 871. The summed E-state index contributed by atoms with van der Waals surface area (Å²) in [6.07, 6.45) is 0. The van der Waals surface area contributed by atoms with Crippen LogP contribution in [-0.2, 0) is 0 Å². The van der Waals surface area contributed by atoms with E-state index in [9.17, 15) is 9.18 Å². The molecule has 124 valence electrons. The van der Waals surface area contributed by atoms with Gasteiger partial charge in [0.15, 0.2) is 0 Å². The molecule has 1 aromatic heterocycles. The fraction of sp³-hybridized carbons (Fsp3) is 0.211. The molecule has 0 spiro atoms. The van der Waals surface area contributed by atoms with Crippen LogP contribution in [0.1, 0.15) is 24.3 Å². The Balaban J connectivity index is 1.82. The molecule has 3 aromatic rings. The summed E-state index contributed by atoms with van der Waals surface area (Å²) in [4.78, 5) is 15.4. The third-order valence-electron chi connectivity index (χ3n) is 3.56. The maximum absolute atomic E-state index is 13.8. The number of hydrogen-bond acceptors (Lipinski definition) is 2. The summed E-state index contributed by atoms with van der Waals surface area (Å²) in [5, 5.41) is 3.21. The molecular weight excluding hydrogens is 307 g/mol. The number of carbonyl (C=O) groups excluding carboxylic acids is 1. The molecule has 0 aliphatic heterocycles. The molecule has 1 heterocycles. The molecule has 0 saturated carbocycles. The quantitative estimate of drug-likeness (QED) is 0.720. The van der Waals surface area contributed by atoms with Crippen LogP contribution in [0.25, 0.3) is 10.9 Å². The third-order valence-corrected chi connectivity index (χ3v) is 3.56. The number of para-hydroxylation sites is 2. The highest BCUT2D eigenvalue weighted by molar-refractivity contribution is 6.06. The fourth-order valence-electron chi connectivity index (χ4n) is 2.38. The number of benzene rings is 2. The lowest BCUT2D eigenvalue weighted by Gasteiger charge is -2.13. The number of H-pyrrole nitrogens is 1. The van der Waals surface area contributed by atoms with Gasteiger partial charge in [0.05, 0.1) is 12.3 Å². The van der Waals surface area contributed by atoms with Crippen LogP contribution in [0.15, 0.2) is 48.5 Å². The van der Waals surface area contributed by atoms with Crippen molar-refractivity contribution < 1.29 is 13.9 Å². The molecule has 0 aliphatic carbocycles. The first-order valence-electron chi connectivity index (χ1n) is 7.85. The first-order valence-corrected chi connectivity index (χ1v) is 7.85. The van der Waals surface area contributed by atoms with Gasteiger partial charge in [-0.3, -0.25) is 4.79 Å². The van der Waals surface area contributed by atoms with E-state index in [1.807, 2.05) is 18.2 Å². The van der Waals surface area contributed by atoms with Gasteiger partial charge < -0.3 is 15.0 Å². The first kappa shape index (κ1) is 16.1. The van der Waals surface area contributed by atoms with Crippen LogP contribution in [0, 0.1) is 11.7 Å². The van der Waals surface area contributed by atoms with E-state index in [1.54, 1.807) is 18.2 Å². The van der Waals surface area contributed by atoms with Crippen molar-refractivity contribution in [3.8, 4) is 5.75 Å². The minimum absolute atomic E-state index is 0.300. The van der Waals surface area contributed by atoms with Crippen molar-refractivity contribution >= 4 is 22.5 Å². The highest BCUT2D eigenvalue weighted by atomic mass is 19.1. The summed E-state index contributed by atoms with van der Waals surface area (Å²) in [7, 11) is 0. The third kappa shape index (κ3) is 3.40. The Hall–Kier alpha value is -2.82. The number of fused-ring (bicyclic) bond motifs is 1. The van der Waals surface area contributed by atoms with Crippen LogP contribution in [0.2, 0.25) is 0 Å². The SMILES string of the molecule is CC(C)COc1ccccc1NC(=O)c1cc2c(F)cccc2[nH]1. The van der Waals surface area contributed by atoms with Crippen molar-refractivity contribution in [1.29, 1.82) is 0 Å². The zero-order valence-corrected chi connectivity index (χ0v) is 13.6. The van der Waals surface area contributed by atoms with Crippen molar-refractivity contribution in [2.75, 3.05) is 11.9 Å². The molecular formula is C19H19FN2O2. The molecule has 0 atom stereocenters. The van der Waals surface area contributed by atoms with E-state index in [2.05, 4.69) is 24.1 Å². The Morgan fingerprint density at radius 3 is 2.75 bits per heavy atom. The predicted molar refractivity (Wildman–Crippen MR) is 93.0 cm³/mol. The zero-order chi connectivity index (χ0) is 17.1. The molecule has 5 heteroatoms. The minimum atomic E-state index is -0.358. The minimum Gasteiger partial charge on any atom is -0.491 e. The molecule has 0 radical (unpaired) electrons. The standard InChI is InChI=1S/C19H19FN2O2/c1-12(2)11-24-18-9-4-3-7-16(18)22-19(23)17-10-13-14(20)6-5-8-15(13)21-17/h3-10,12,21H,11H2,1-2H3,(H,22,23). The van der Waals surface area contributed by atoms with Crippen LogP contribution < -0.4 is 10.1 Å². The van der Waals surface area contributed by atoms with Gasteiger partial charge in [0, 0.05) is 10.9 Å². The monoisotopic (exact) mass is 326 g/mol. The molecule has 1 amide bonds. The van der Waals surface area contributed by atoms with Gasteiger partial charge in [-0.05, 0) is 36.2 Å². The first-order chi connectivity index (χ1) is 11.5. The van der Waals surface area contributed by atoms with Gasteiger partial charge in [0.25, 0.3) is 5.91 Å². The second kappa shape index (κ2) is 6.74. The second-order valence-electron chi connectivity index (χ2n) is 6.04. The topological polar surface area (TPSA) is 54.1 Å². The lowest BCUT2D eigenvalue weighted by Crippen LogP contribution is -2.14. The van der Waals surface area contributed by atoms with Crippen LogP contribution >= 0.6 is 0 Å².